The van der Waals surface area contributed by atoms with Crippen molar-refractivity contribution in [2.45, 2.75) is 65.6 Å². The first-order valence-corrected chi connectivity index (χ1v) is 8.42. The van der Waals surface area contributed by atoms with Gasteiger partial charge in [0, 0.05) is 0 Å². The van der Waals surface area contributed by atoms with Crippen molar-refractivity contribution in [3.05, 3.63) is 0 Å². The van der Waals surface area contributed by atoms with Crippen molar-refractivity contribution >= 4 is 8.32 Å². The Balaban J connectivity index is 4.48. The van der Waals surface area contributed by atoms with Crippen molar-refractivity contribution in [3.63, 3.8) is 0 Å². The Bertz CT molecular complexity index is 144. The molecule has 0 saturated heterocycles. The molecule has 0 saturated carbocycles. The quantitative estimate of drug-likeness (QED) is 0.582. The maximum absolute atomic E-state index is 12.8. The maximum atomic E-state index is 12.8. The Morgan fingerprint density at radius 1 is 0.929 bits per heavy atom. The van der Waals surface area contributed by atoms with Gasteiger partial charge in [-0.1, -0.05) is 48.0 Å². The third kappa shape index (κ3) is 4.60. The highest BCUT2D eigenvalue weighted by molar-refractivity contribution is 6.73. The zero-order chi connectivity index (χ0) is 11.4. The lowest BCUT2D eigenvalue weighted by molar-refractivity contribution is 0.373. The van der Waals surface area contributed by atoms with E-state index in [4.69, 9.17) is 0 Å². The van der Waals surface area contributed by atoms with Gasteiger partial charge in [-0.3, -0.25) is 4.80 Å². The van der Waals surface area contributed by atoms with Crippen LogP contribution in [0, 0.1) is 11.8 Å². The molecule has 1 atom stereocenters. The third-order valence-electron chi connectivity index (χ3n) is 3.02. The fourth-order valence-electron chi connectivity index (χ4n) is 2.24. The highest BCUT2D eigenvalue weighted by atomic mass is 28.4. The fourth-order valence-corrected chi connectivity index (χ4v) is 6.72. The van der Waals surface area contributed by atoms with Gasteiger partial charge in [-0.15, -0.1) is 0 Å². The molecule has 1 radical (unpaired) electrons. The molecule has 0 N–H and O–H groups in total. The minimum Gasteiger partial charge on any atom is -0.297 e. The van der Waals surface area contributed by atoms with Crippen LogP contribution in [0.15, 0.2) is 0 Å². The van der Waals surface area contributed by atoms with Gasteiger partial charge in [-0.05, 0) is 29.5 Å². The second-order valence-corrected chi connectivity index (χ2v) is 9.50. The monoisotopic (exact) mass is 215 g/mol. The van der Waals surface area contributed by atoms with Crippen molar-refractivity contribution in [1.29, 1.82) is 0 Å². The Hall–Kier alpha value is 0.177. The van der Waals surface area contributed by atoms with Crippen LogP contribution in [0.3, 0.4) is 0 Å². The Kier molecular flexibility index (Phi) is 5.99. The molecule has 0 spiro atoms. The van der Waals surface area contributed by atoms with Gasteiger partial charge in [0.2, 0.25) is 8.32 Å². The molecule has 0 aromatic rings. The summed E-state index contributed by atoms with van der Waals surface area (Å²) in [4.78, 5) is 12.8. The first kappa shape index (κ1) is 14.2. The molecular formula is C12H27OSi. The second kappa shape index (κ2) is 5.91. The average Bonchev–Trinajstić information content (AvgIpc) is 1.99. The maximum Gasteiger partial charge on any atom is 0.240 e. The molecule has 0 bridgehead atoms. The number of hydrogen-bond acceptors (Lipinski definition) is 0. The minimum atomic E-state index is -2.23. The highest BCUT2D eigenvalue weighted by Gasteiger charge is 2.39. The predicted molar refractivity (Wildman–Crippen MR) is 65.4 cm³/mol. The van der Waals surface area contributed by atoms with Crippen LogP contribution >= 0.6 is 0 Å². The van der Waals surface area contributed by atoms with Crippen molar-refractivity contribution < 1.29 is 4.80 Å². The largest absolute Gasteiger partial charge is 0.297 e. The van der Waals surface area contributed by atoms with Crippen LogP contribution in [0.1, 0.15) is 48.0 Å². The SMILES string of the molecule is CCC(C)[Si]([O])(CC(C)C)CC(C)C. The van der Waals surface area contributed by atoms with Crippen molar-refractivity contribution in [3.8, 4) is 0 Å². The molecule has 0 heterocycles. The summed E-state index contributed by atoms with van der Waals surface area (Å²) in [7, 11) is -2.23. The summed E-state index contributed by atoms with van der Waals surface area (Å²) in [6, 6.07) is 1.92. The van der Waals surface area contributed by atoms with Crippen LogP contribution in [-0.4, -0.2) is 8.32 Å². The van der Waals surface area contributed by atoms with Crippen molar-refractivity contribution in [2.75, 3.05) is 0 Å². The number of hydrogen-bond donors (Lipinski definition) is 0. The lowest BCUT2D eigenvalue weighted by atomic mass is 10.3. The van der Waals surface area contributed by atoms with Gasteiger partial charge in [0.15, 0.2) is 0 Å². The standard InChI is InChI=1S/C12H27OSi/c1-7-12(6)14(13,8-10(2)3)9-11(4)5/h10-12H,7-9H2,1-6H3. The molecule has 85 valence electrons. The molecular weight excluding hydrogens is 188 g/mol. The van der Waals surface area contributed by atoms with Crippen LogP contribution in [0.25, 0.3) is 0 Å². The predicted octanol–water partition coefficient (Wildman–Crippen LogP) is 4.47. The summed E-state index contributed by atoms with van der Waals surface area (Å²) in [6.45, 7) is 13.1. The summed E-state index contributed by atoms with van der Waals surface area (Å²) in [6.07, 6.45) is 1.06. The molecule has 0 aliphatic carbocycles. The molecule has 1 unspecified atom stereocenters. The normalized spacial score (nSPS) is 15.2. The lowest BCUT2D eigenvalue weighted by Crippen LogP contribution is -2.39. The van der Waals surface area contributed by atoms with Crippen LogP contribution < -0.4 is 0 Å². The van der Waals surface area contributed by atoms with Crippen molar-refractivity contribution in [2.24, 2.45) is 11.8 Å². The summed E-state index contributed by atoms with van der Waals surface area (Å²) in [5.74, 6) is 1.15. The van der Waals surface area contributed by atoms with Crippen LogP contribution in [0.2, 0.25) is 17.6 Å². The zero-order valence-electron chi connectivity index (χ0n) is 10.8. The summed E-state index contributed by atoms with van der Waals surface area (Å²) >= 11 is 0. The van der Waals surface area contributed by atoms with Gasteiger partial charge in [0.25, 0.3) is 0 Å². The second-order valence-electron chi connectivity index (χ2n) is 5.57. The van der Waals surface area contributed by atoms with Crippen LogP contribution in [-0.2, 0) is 4.80 Å². The molecule has 0 aliphatic rings. The molecule has 14 heavy (non-hydrogen) atoms. The molecule has 2 heteroatoms. The third-order valence-corrected chi connectivity index (χ3v) is 8.24. The van der Waals surface area contributed by atoms with E-state index in [0.717, 1.165) is 18.5 Å². The Labute approximate surface area is 91.1 Å². The first-order valence-electron chi connectivity index (χ1n) is 6.02. The summed E-state index contributed by atoms with van der Waals surface area (Å²) in [5.41, 5.74) is 0.437. The van der Waals surface area contributed by atoms with Gasteiger partial charge >= 0.3 is 0 Å². The molecule has 0 amide bonds. The Morgan fingerprint density at radius 2 is 1.29 bits per heavy atom. The topological polar surface area (TPSA) is 19.9 Å². The van der Waals surface area contributed by atoms with E-state index in [-0.39, 0.29) is 0 Å². The van der Waals surface area contributed by atoms with E-state index in [1.807, 2.05) is 0 Å². The van der Waals surface area contributed by atoms with Gasteiger partial charge < -0.3 is 0 Å². The van der Waals surface area contributed by atoms with Gasteiger partial charge in [-0.2, -0.15) is 0 Å². The minimum absolute atomic E-state index is 0.437. The average molecular weight is 215 g/mol. The zero-order valence-corrected chi connectivity index (χ0v) is 11.8. The highest BCUT2D eigenvalue weighted by Crippen LogP contribution is 2.35. The molecule has 0 fully saturated rings. The van der Waals surface area contributed by atoms with Crippen LogP contribution in [0.4, 0.5) is 0 Å². The molecule has 0 aromatic carbocycles. The van der Waals surface area contributed by atoms with Crippen LogP contribution in [0.5, 0.6) is 0 Å². The van der Waals surface area contributed by atoms with Gasteiger partial charge in [-0.25, -0.2) is 0 Å². The van der Waals surface area contributed by atoms with E-state index < -0.39 is 8.32 Å². The first-order chi connectivity index (χ1) is 6.31. The van der Waals surface area contributed by atoms with Gasteiger partial charge in [0.05, 0.1) is 0 Å². The lowest BCUT2D eigenvalue weighted by Gasteiger charge is -2.31. The van der Waals surface area contributed by atoms with E-state index in [2.05, 4.69) is 41.5 Å². The van der Waals surface area contributed by atoms with E-state index in [0.29, 0.717) is 17.4 Å². The summed E-state index contributed by atoms with van der Waals surface area (Å²) < 4.78 is 0. The van der Waals surface area contributed by atoms with Crippen molar-refractivity contribution in [1.82, 2.24) is 0 Å². The smallest absolute Gasteiger partial charge is 0.240 e. The number of rotatable bonds is 6. The molecule has 1 nitrogen and oxygen atoms in total. The molecule has 0 aliphatic heterocycles. The van der Waals surface area contributed by atoms with E-state index in [1.165, 1.54) is 0 Å². The summed E-state index contributed by atoms with van der Waals surface area (Å²) in [5, 5.41) is 0. The molecule has 0 rings (SSSR count). The molecule has 0 aromatic heterocycles. The van der Waals surface area contributed by atoms with E-state index >= 15 is 0 Å². The Morgan fingerprint density at radius 3 is 1.50 bits per heavy atom. The van der Waals surface area contributed by atoms with E-state index in [9.17, 15) is 4.80 Å². The fraction of sp³-hybridized carbons (Fsp3) is 1.00. The van der Waals surface area contributed by atoms with Gasteiger partial charge in [0.1, 0.15) is 0 Å². The van der Waals surface area contributed by atoms with E-state index in [1.54, 1.807) is 0 Å².